The Labute approximate surface area is 109 Å². The summed E-state index contributed by atoms with van der Waals surface area (Å²) in [6.07, 6.45) is 1.37. The number of thiazole rings is 1. The van der Waals surface area contributed by atoms with Gasteiger partial charge in [-0.05, 0) is 31.0 Å². The molecule has 0 aliphatic heterocycles. The second-order valence-electron chi connectivity index (χ2n) is 3.87. The average Bonchev–Trinajstić information content (AvgIpc) is 2.73. The normalized spacial score (nSPS) is 9.56. The number of benzene rings is 1. The van der Waals surface area contributed by atoms with Crippen LogP contribution in [0.4, 0.5) is 5.13 Å². The monoisotopic (exact) mass is 254 g/mol. The van der Waals surface area contributed by atoms with Crippen LogP contribution < -0.4 is 5.32 Å². The van der Waals surface area contributed by atoms with E-state index >= 15 is 0 Å². The molecule has 1 aromatic carbocycles. The van der Waals surface area contributed by atoms with Gasteiger partial charge >= 0.3 is 0 Å². The Balaban J connectivity index is 2.38. The quantitative estimate of drug-likeness (QED) is 0.835. The van der Waals surface area contributed by atoms with E-state index in [0.717, 1.165) is 15.8 Å². The minimum atomic E-state index is 0.0298. The molecule has 0 atom stereocenters. The number of hydrogen-bond acceptors (Lipinski definition) is 5. The summed E-state index contributed by atoms with van der Waals surface area (Å²) in [7, 11) is 0. The predicted molar refractivity (Wildman–Crippen MR) is 72.0 cm³/mol. The number of anilines is 1. The van der Waals surface area contributed by atoms with Gasteiger partial charge < -0.3 is 5.32 Å². The second kappa shape index (κ2) is 4.87. The van der Waals surface area contributed by atoms with Crippen LogP contribution in [0.1, 0.15) is 11.1 Å². The smallest absolute Gasteiger partial charge is 0.187 e. The SMILES string of the molecule is Cc1cc(C)c2nc(NC=C(C#N)C#N)sc2c1. The molecule has 0 fully saturated rings. The maximum Gasteiger partial charge on any atom is 0.187 e. The molecular weight excluding hydrogens is 244 g/mol. The van der Waals surface area contributed by atoms with Crippen LogP contribution in [0, 0.1) is 36.5 Å². The Morgan fingerprint density at radius 3 is 2.72 bits per heavy atom. The fourth-order valence-corrected chi connectivity index (χ4v) is 2.67. The largest absolute Gasteiger partial charge is 0.336 e. The third-order valence-corrected chi connectivity index (χ3v) is 3.34. The van der Waals surface area contributed by atoms with Crippen molar-refractivity contribution in [2.24, 2.45) is 0 Å². The van der Waals surface area contributed by atoms with Gasteiger partial charge in [0.25, 0.3) is 0 Å². The van der Waals surface area contributed by atoms with Crippen LogP contribution in [0.15, 0.2) is 23.9 Å². The molecule has 1 aromatic heterocycles. The molecule has 0 saturated carbocycles. The van der Waals surface area contributed by atoms with E-state index in [-0.39, 0.29) is 5.57 Å². The van der Waals surface area contributed by atoms with Crippen molar-refractivity contribution in [1.29, 1.82) is 10.5 Å². The van der Waals surface area contributed by atoms with E-state index in [9.17, 15) is 0 Å². The van der Waals surface area contributed by atoms with Crippen LogP contribution in [0.2, 0.25) is 0 Å². The van der Waals surface area contributed by atoms with Gasteiger partial charge in [0.1, 0.15) is 17.7 Å². The van der Waals surface area contributed by atoms with Crippen molar-refractivity contribution in [3.63, 3.8) is 0 Å². The molecule has 0 saturated heterocycles. The lowest BCUT2D eigenvalue weighted by Gasteiger charge is -1.95. The first-order valence-electron chi connectivity index (χ1n) is 5.28. The first-order valence-corrected chi connectivity index (χ1v) is 6.10. The molecule has 4 nitrogen and oxygen atoms in total. The van der Waals surface area contributed by atoms with Crippen LogP contribution in [0.25, 0.3) is 10.2 Å². The van der Waals surface area contributed by atoms with Crippen LogP contribution in [-0.4, -0.2) is 4.98 Å². The van der Waals surface area contributed by atoms with Crippen molar-refractivity contribution >= 4 is 26.7 Å². The highest BCUT2D eigenvalue weighted by molar-refractivity contribution is 7.22. The number of aryl methyl sites for hydroxylation is 2. The first-order chi connectivity index (χ1) is 8.63. The predicted octanol–water partition coefficient (Wildman–Crippen LogP) is 3.26. The summed E-state index contributed by atoms with van der Waals surface area (Å²) in [6, 6.07) is 7.74. The van der Waals surface area contributed by atoms with E-state index in [1.807, 2.05) is 13.8 Å². The van der Waals surface area contributed by atoms with Gasteiger partial charge in [0, 0.05) is 6.20 Å². The Hall–Kier alpha value is -2.37. The summed E-state index contributed by atoms with van der Waals surface area (Å²) in [5.74, 6) is 0. The number of nitriles is 2. The highest BCUT2D eigenvalue weighted by Crippen LogP contribution is 2.29. The molecule has 0 amide bonds. The third-order valence-electron chi connectivity index (χ3n) is 2.41. The highest BCUT2D eigenvalue weighted by atomic mass is 32.1. The summed E-state index contributed by atoms with van der Waals surface area (Å²) in [5.41, 5.74) is 3.30. The summed E-state index contributed by atoms with van der Waals surface area (Å²) in [4.78, 5) is 4.44. The van der Waals surface area contributed by atoms with Crippen LogP contribution in [0.5, 0.6) is 0 Å². The van der Waals surface area contributed by atoms with Crippen molar-refractivity contribution in [3.05, 3.63) is 35.0 Å². The average molecular weight is 254 g/mol. The Morgan fingerprint density at radius 2 is 2.06 bits per heavy atom. The van der Waals surface area contributed by atoms with E-state index < -0.39 is 0 Å². The van der Waals surface area contributed by atoms with E-state index in [2.05, 4.69) is 22.4 Å². The number of aromatic nitrogens is 1. The van der Waals surface area contributed by atoms with Crippen molar-refractivity contribution in [1.82, 2.24) is 4.98 Å². The fraction of sp³-hybridized carbons (Fsp3) is 0.154. The van der Waals surface area contributed by atoms with Crippen molar-refractivity contribution in [2.75, 3.05) is 5.32 Å². The molecule has 0 unspecified atom stereocenters. The van der Waals surface area contributed by atoms with E-state index in [0.29, 0.717) is 5.13 Å². The summed E-state index contributed by atoms with van der Waals surface area (Å²) in [6.45, 7) is 4.06. The van der Waals surface area contributed by atoms with Gasteiger partial charge in [0.05, 0.1) is 10.2 Å². The zero-order valence-electron chi connectivity index (χ0n) is 9.98. The number of rotatable bonds is 2. The minimum Gasteiger partial charge on any atom is -0.336 e. The Bertz CT molecular complexity index is 697. The number of nitrogens with one attached hydrogen (secondary N) is 1. The van der Waals surface area contributed by atoms with Gasteiger partial charge in [0.15, 0.2) is 5.13 Å². The lowest BCUT2D eigenvalue weighted by molar-refractivity contribution is 1.37. The number of allylic oxidation sites excluding steroid dienone is 1. The third kappa shape index (κ3) is 2.32. The molecule has 88 valence electrons. The summed E-state index contributed by atoms with van der Waals surface area (Å²) in [5, 5.41) is 20.8. The molecule has 0 aliphatic carbocycles. The Morgan fingerprint density at radius 1 is 1.33 bits per heavy atom. The minimum absolute atomic E-state index is 0.0298. The molecule has 18 heavy (non-hydrogen) atoms. The maximum atomic E-state index is 8.63. The van der Waals surface area contributed by atoms with Crippen LogP contribution >= 0.6 is 11.3 Å². The molecule has 0 aliphatic rings. The van der Waals surface area contributed by atoms with Gasteiger partial charge in [0.2, 0.25) is 0 Å². The molecule has 0 spiro atoms. The molecule has 0 bridgehead atoms. The van der Waals surface area contributed by atoms with E-state index in [1.165, 1.54) is 23.1 Å². The standard InChI is InChI=1S/C13H10N4S/c1-8-3-9(2)12-11(4-8)18-13(17-12)16-7-10(5-14)6-15/h3-4,7H,1-2H3,(H,16,17). The van der Waals surface area contributed by atoms with Gasteiger partial charge in [-0.3, -0.25) is 0 Å². The highest BCUT2D eigenvalue weighted by Gasteiger charge is 2.06. The molecule has 2 rings (SSSR count). The van der Waals surface area contributed by atoms with E-state index in [4.69, 9.17) is 10.5 Å². The zero-order valence-corrected chi connectivity index (χ0v) is 10.8. The van der Waals surface area contributed by atoms with Gasteiger partial charge in [-0.25, -0.2) is 4.98 Å². The van der Waals surface area contributed by atoms with Crippen LogP contribution in [0.3, 0.4) is 0 Å². The Kier molecular flexibility index (Phi) is 3.27. The van der Waals surface area contributed by atoms with Crippen molar-refractivity contribution < 1.29 is 0 Å². The van der Waals surface area contributed by atoms with Gasteiger partial charge in [-0.15, -0.1) is 0 Å². The molecule has 1 heterocycles. The summed E-state index contributed by atoms with van der Waals surface area (Å²) >= 11 is 1.50. The molecule has 1 N–H and O–H groups in total. The van der Waals surface area contributed by atoms with Crippen molar-refractivity contribution in [3.8, 4) is 12.1 Å². The number of nitrogens with zero attached hydrogens (tertiary/aromatic N) is 3. The maximum absolute atomic E-state index is 8.63. The molecule has 5 heteroatoms. The summed E-state index contributed by atoms with van der Waals surface area (Å²) < 4.78 is 1.10. The molecule has 2 aromatic rings. The van der Waals surface area contributed by atoms with Crippen molar-refractivity contribution in [2.45, 2.75) is 13.8 Å². The van der Waals surface area contributed by atoms with Crippen LogP contribution in [-0.2, 0) is 0 Å². The number of hydrogen-bond donors (Lipinski definition) is 1. The van der Waals surface area contributed by atoms with E-state index in [1.54, 1.807) is 12.1 Å². The lowest BCUT2D eigenvalue weighted by atomic mass is 10.1. The van der Waals surface area contributed by atoms with Gasteiger partial charge in [-0.2, -0.15) is 10.5 Å². The second-order valence-corrected chi connectivity index (χ2v) is 4.90. The lowest BCUT2D eigenvalue weighted by Crippen LogP contribution is -1.88. The molecular formula is C13H10N4S. The topological polar surface area (TPSA) is 72.5 Å². The zero-order chi connectivity index (χ0) is 13.1. The number of fused-ring (bicyclic) bond motifs is 1. The first kappa shape index (κ1) is 12.1. The van der Waals surface area contributed by atoms with Gasteiger partial charge in [-0.1, -0.05) is 17.4 Å². The fourth-order valence-electron chi connectivity index (χ4n) is 1.66. The molecule has 0 radical (unpaired) electrons.